The van der Waals surface area contributed by atoms with Crippen molar-refractivity contribution in [2.24, 2.45) is 5.92 Å². The zero-order chi connectivity index (χ0) is 14.2. The van der Waals surface area contributed by atoms with Gasteiger partial charge in [-0.1, -0.05) is 60.0 Å². The summed E-state index contributed by atoms with van der Waals surface area (Å²) >= 11 is 0. The summed E-state index contributed by atoms with van der Waals surface area (Å²) in [4.78, 5) is 0. The molecule has 0 aromatic heterocycles. The van der Waals surface area contributed by atoms with E-state index in [1.807, 2.05) is 0 Å². The van der Waals surface area contributed by atoms with Crippen LogP contribution < -0.4 is 0 Å². The second-order valence-electron chi connectivity index (χ2n) is 8.15. The van der Waals surface area contributed by atoms with Crippen LogP contribution in [0.1, 0.15) is 46.1 Å². The predicted molar refractivity (Wildman–Crippen MR) is 81.6 cm³/mol. The molecule has 3 aliphatic rings. The molecule has 1 aliphatic heterocycles. The van der Waals surface area contributed by atoms with E-state index in [-0.39, 0.29) is 11.2 Å². The van der Waals surface area contributed by atoms with Crippen molar-refractivity contribution >= 4 is 6.55 Å². The van der Waals surface area contributed by atoms with Gasteiger partial charge in [-0.05, 0) is 27.7 Å². The monoisotopic (exact) mass is 271 g/mol. The molecule has 4 rings (SSSR count). The van der Waals surface area contributed by atoms with E-state index in [4.69, 9.17) is 9.31 Å². The third kappa shape index (κ3) is 1.54. The minimum atomic E-state index is -1.20. The van der Waals surface area contributed by atoms with E-state index in [0.29, 0.717) is 5.31 Å². The van der Waals surface area contributed by atoms with Crippen LogP contribution in [0.25, 0.3) is 0 Å². The minimum Gasteiger partial charge on any atom is -0.561 e. The van der Waals surface area contributed by atoms with Gasteiger partial charge in [0, 0.05) is 11.2 Å². The van der Waals surface area contributed by atoms with E-state index in [9.17, 15) is 0 Å². The van der Waals surface area contributed by atoms with Crippen molar-refractivity contribution in [3.63, 3.8) is 0 Å². The molecule has 2 aliphatic carbocycles. The number of fused-ring (bicyclic) bond motifs is 1. The molecule has 2 nitrogen and oxygen atoms in total. The van der Waals surface area contributed by atoms with Crippen LogP contribution in [0, 0.1) is 5.92 Å². The normalized spacial score (nSPS) is 38.3. The summed E-state index contributed by atoms with van der Waals surface area (Å²) in [5.41, 5.74) is 0.909. The van der Waals surface area contributed by atoms with E-state index < -0.39 is 6.55 Å². The van der Waals surface area contributed by atoms with Gasteiger partial charge in [0.1, 0.15) is 0 Å². The second-order valence-corrected chi connectivity index (χ2v) is 8.15. The molecule has 1 aromatic rings. The molecule has 0 radical (unpaired) electrons. The predicted octanol–water partition coefficient (Wildman–Crippen LogP) is 3.98. The van der Waals surface area contributed by atoms with Gasteiger partial charge < -0.3 is 9.31 Å². The van der Waals surface area contributed by atoms with Gasteiger partial charge in [0.05, 0.1) is 0 Å². The SMILES string of the molecule is CC1(C)O[B-](Cc2ccccc2)(C23CC2C3)OC1(C)C. The van der Waals surface area contributed by atoms with Crippen LogP contribution >= 0.6 is 0 Å². The van der Waals surface area contributed by atoms with Gasteiger partial charge >= 0.3 is 0 Å². The Balaban J connectivity index is 1.71. The van der Waals surface area contributed by atoms with Crippen LogP contribution in [-0.2, 0) is 15.6 Å². The Morgan fingerprint density at radius 1 is 1.00 bits per heavy atom. The summed E-state index contributed by atoms with van der Waals surface area (Å²) in [5, 5.41) is 0.376. The molecule has 0 spiro atoms. The van der Waals surface area contributed by atoms with Crippen molar-refractivity contribution in [3.05, 3.63) is 35.9 Å². The Bertz CT molecular complexity index is 527. The molecule has 3 fully saturated rings. The summed E-state index contributed by atoms with van der Waals surface area (Å²) in [6.07, 6.45) is 3.56. The number of hydrogen-bond donors (Lipinski definition) is 0. The van der Waals surface area contributed by atoms with Crippen LogP contribution in [0.4, 0.5) is 0 Å². The molecule has 1 heterocycles. The van der Waals surface area contributed by atoms with Crippen molar-refractivity contribution in [2.75, 3.05) is 0 Å². The maximum atomic E-state index is 6.66. The van der Waals surface area contributed by atoms with Crippen LogP contribution in [0.5, 0.6) is 0 Å². The Morgan fingerprint density at radius 3 is 1.95 bits per heavy atom. The van der Waals surface area contributed by atoms with E-state index in [0.717, 1.165) is 12.2 Å². The number of hydrogen-bond acceptors (Lipinski definition) is 2. The van der Waals surface area contributed by atoms with Crippen LogP contribution in [-0.4, -0.2) is 17.8 Å². The highest BCUT2D eigenvalue weighted by Gasteiger charge is 2.77. The third-order valence-electron chi connectivity index (χ3n) is 6.39. The molecular formula is C17H24BO2-. The first-order valence-corrected chi connectivity index (χ1v) is 7.90. The molecule has 0 amide bonds. The van der Waals surface area contributed by atoms with E-state index in [2.05, 4.69) is 58.0 Å². The van der Waals surface area contributed by atoms with E-state index >= 15 is 0 Å². The zero-order valence-corrected chi connectivity index (χ0v) is 13.0. The standard InChI is InChI=1S/C17H24BO2/c1-15(2)16(3,4)20-18(19-15,17-10-14(17)11-17)12-13-8-6-5-7-9-13/h5-9,14H,10-12H2,1-4H3/q-1. The number of rotatable bonds is 3. The maximum Gasteiger partial charge on any atom is 0.251 e. The molecule has 0 N–H and O–H groups in total. The summed E-state index contributed by atoms with van der Waals surface area (Å²) in [6, 6.07) is 10.7. The molecule has 1 aromatic carbocycles. The molecule has 1 saturated heterocycles. The summed E-state index contributed by atoms with van der Waals surface area (Å²) < 4.78 is 13.3. The van der Waals surface area contributed by atoms with Gasteiger partial charge in [-0.2, -0.15) is 0 Å². The molecule has 20 heavy (non-hydrogen) atoms. The fourth-order valence-corrected chi connectivity index (χ4v) is 4.16. The first kappa shape index (κ1) is 12.9. The maximum absolute atomic E-state index is 6.66. The molecule has 3 heteroatoms. The lowest BCUT2D eigenvalue weighted by atomic mass is 9.44. The quantitative estimate of drug-likeness (QED) is 0.774. The van der Waals surface area contributed by atoms with E-state index in [1.165, 1.54) is 18.4 Å². The molecule has 0 bridgehead atoms. The van der Waals surface area contributed by atoms with Crippen molar-refractivity contribution < 1.29 is 9.31 Å². The highest BCUT2D eigenvalue weighted by molar-refractivity contribution is 6.73. The molecular weight excluding hydrogens is 247 g/mol. The molecule has 0 unspecified atom stereocenters. The lowest BCUT2D eigenvalue weighted by Crippen LogP contribution is -2.45. The lowest BCUT2D eigenvalue weighted by molar-refractivity contribution is 0.00578. The highest BCUT2D eigenvalue weighted by Crippen LogP contribution is 2.88. The van der Waals surface area contributed by atoms with Crippen LogP contribution in [0.3, 0.4) is 0 Å². The summed E-state index contributed by atoms with van der Waals surface area (Å²) in [6.45, 7) is 7.52. The van der Waals surface area contributed by atoms with Gasteiger partial charge in [0.2, 0.25) is 0 Å². The van der Waals surface area contributed by atoms with Crippen molar-refractivity contribution in [1.29, 1.82) is 0 Å². The Labute approximate surface area is 121 Å². The van der Waals surface area contributed by atoms with E-state index in [1.54, 1.807) is 0 Å². The highest BCUT2D eigenvalue weighted by atomic mass is 16.7. The first-order chi connectivity index (χ1) is 9.30. The summed E-state index contributed by atoms with van der Waals surface area (Å²) in [5.74, 6) is 0.871. The fraction of sp³-hybridized carbons (Fsp3) is 0.647. The minimum absolute atomic E-state index is 0.216. The molecule has 2 saturated carbocycles. The van der Waals surface area contributed by atoms with Gasteiger partial charge in [-0.15, -0.1) is 6.32 Å². The van der Waals surface area contributed by atoms with Crippen LogP contribution in [0.2, 0.25) is 5.31 Å². The largest absolute Gasteiger partial charge is 0.561 e. The topological polar surface area (TPSA) is 18.5 Å². The zero-order valence-electron chi connectivity index (χ0n) is 13.0. The van der Waals surface area contributed by atoms with Crippen molar-refractivity contribution in [2.45, 2.75) is 63.4 Å². The average Bonchev–Trinajstić information content (AvgIpc) is 3.14. The fourth-order valence-electron chi connectivity index (χ4n) is 4.16. The summed E-state index contributed by atoms with van der Waals surface area (Å²) in [7, 11) is 0. The Kier molecular flexibility index (Phi) is 2.26. The van der Waals surface area contributed by atoms with Crippen LogP contribution in [0.15, 0.2) is 30.3 Å². The first-order valence-electron chi connectivity index (χ1n) is 7.90. The van der Waals surface area contributed by atoms with Crippen molar-refractivity contribution in [3.8, 4) is 0 Å². The Hall–Kier alpha value is -0.795. The Morgan fingerprint density at radius 2 is 1.50 bits per heavy atom. The average molecular weight is 271 g/mol. The molecule has 108 valence electrons. The second kappa shape index (κ2) is 3.51. The van der Waals surface area contributed by atoms with Gasteiger partial charge in [0.15, 0.2) is 0 Å². The van der Waals surface area contributed by atoms with Gasteiger partial charge in [-0.25, -0.2) is 0 Å². The third-order valence-corrected chi connectivity index (χ3v) is 6.39. The number of benzene rings is 1. The molecule has 0 atom stereocenters. The smallest absolute Gasteiger partial charge is 0.251 e. The lowest BCUT2D eigenvalue weighted by Gasteiger charge is -2.40. The van der Waals surface area contributed by atoms with Gasteiger partial charge in [-0.3, -0.25) is 0 Å². The van der Waals surface area contributed by atoms with Crippen molar-refractivity contribution in [1.82, 2.24) is 0 Å². The van der Waals surface area contributed by atoms with Gasteiger partial charge in [0.25, 0.3) is 6.55 Å².